The molecule has 5 nitrogen and oxygen atoms in total. The summed E-state index contributed by atoms with van der Waals surface area (Å²) >= 11 is 6.03. The lowest BCUT2D eigenvalue weighted by molar-refractivity contribution is 0.0613. The van der Waals surface area contributed by atoms with Crippen molar-refractivity contribution in [2.45, 2.75) is 26.4 Å². The average molecular weight is 371 g/mol. The Morgan fingerprint density at radius 3 is 2.42 bits per heavy atom. The highest BCUT2D eigenvalue weighted by atomic mass is 35.5. The van der Waals surface area contributed by atoms with E-state index in [1.54, 1.807) is 39.0 Å². The van der Waals surface area contributed by atoms with Crippen molar-refractivity contribution in [1.29, 1.82) is 0 Å². The molecule has 6 heteroatoms. The van der Waals surface area contributed by atoms with Crippen LogP contribution in [-0.2, 0) is 4.74 Å². The predicted octanol–water partition coefficient (Wildman–Crippen LogP) is 4.80. The SMILES string of the molecule is CC(C)(C)OC(=O)Nn1c(-c2ccccc2)cc2ccc(Cl)cc2c1=O. The van der Waals surface area contributed by atoms with Gasteiger partial charge >= 0.3 is 6.09 Å². The molecule has 2 aromatic carbocycles. The number of halogens is 1. The molecule has 3 aromatic rings. The van der Waals surface area contributed by atoms with E-state index < -0.39 is 11.7 Å². The fourth-order valence-corrected chi connectivity index (χ4v) is 2.78. The van der Waals surface area contributed by atoms with Crippen LogP contribution in [0.2, 0.25) is 5.02 Å². The summed E-state index contributed by atoms with van der Waals surface area (Å²) in [7, 11) is 0. The van der Waals surface area contributed by atoms with Crippen molar-refractivity contribution in [3.63, 3.8) is 0 Å². The smallest absolute Gasteiger partial charge is 0.427 e. The molecule has 0 saturated heterocycles. The number of carbonyl (C=O) groups is 1. The number of aromatic nitrogens is 1. The molecule has 0 aliphatic heterocycles. The molecule has 1 amide bonds. The van der Waals surface area contributed by atoms with Gasteiger partial charge in [-0.25, -0.2) is 14.9 Å². The van der Waals surface area contributed by atoms with Gasteiger partial charge in [0.15, 0.2) is 0 Å². The number of amides is 1. The van der Waals surface area contributed by atoms with E-state index >= 15 is 0 Å². The molecule has 0 aliphatic rings. The summed E-state index contributed by atoms with van der Waals surface area (Å²) in [6, 6.07) is 16.3. The maximum absolute atomic E-state index is 13.0. The molecule has 0 saturated carbocycles. The molecule has 0 radical (unpaired) electrons. The Kier molecular flexibility index (Phi) is 4.74. The number of fused-ring (bicyclic) bond motifs is 1. The lowest BCUT2D eigenvalue weighted by atomic mass is 10.1. The monoisotopic (exact) mass is 370 g/mol. The number of benzene rings is 2. The van der Waals surface area contributed by atoms with Gasteiger partial charge in [0.25, 0.3) is 5.56 Å². The molecule has 0 spiro atoms. The normalized spacial score (nSPS) is 11.4. The zero-order valence-electron chi connectivity index (χ0n) is 14.7. The zero-order chi connectivity index (χ0) is 18.9. The number of hydrogen-bond acceptors (Lipinski definition) is 3. The molecule has 26 heavy (non-hydrogen) atoms. The standard InChI is InChI=1S/C20H19ClN2O3/c1-20(2,3)26-19(25)22-23-17(13-7-5-4-6-8-13)11-14-9-10-15(21)12-16(14)18(23)24/h4-12H,1-3H3,(H,22,25). The van der Waals surface area contributed by atoms with E-state index in [9.17, 15) is 9.59 Å². The summed E-state index contributed by atoms with van der Waals surface area (Å²) in [5.74, 6) is 0. The van der Waals surface area contributed by atoms with Crippen LogP contribution >= 0.6 is 11.6 Å². The Morgan fingerprint density at radius 1 is 1.08 bits per heavy atom. The largest absolute Gasteiger partial charge is 0.443 e. The summed E-state index contributed by atoms with van der Waals surface area (Å²) in [5, 5.41) is 1.60. The number of nitrogens with zero attached hydrogens (tertiary/aromatic N) is 1. The fraction of sp³-hybridized carbons (Fsp3) is 0.200. The second-order valence-electron chi connectivity index (χ2n) is 6.88. The van der Waals surface area contributed by atoms with Crippen LogP contribution in [0.1, 0.15) is 20.8 Å². The van der Waals surface area contributed by atoms with Gasteiger partial charge in [-0.15, -0.1) is 0 Å². The Morgan fingerprint density at radius 2 is 1.77 bits per heavy atom. The van der Waals surface area contributed by atoms with Crippen LogP contribution in [0.25, 0.3) is 22.0 Å². The summed E-state index contributed by atoms with van der Waals surface area (Å²) in [5.41, 5.74) is 2.83. The van der Waals surface area contributed by atoms with E-state index in [4.69, 9.17) is 16.3 Å². The van der Waals surface area contributed by atoms with Crippen LogP contribution in [0.5, 0.6) is 0 Å². The van der Waals surface area contributed by atoms with Crippen LogP contribution in [0.3, 0.4) is 0 Å². The third-order valence-electron chi connectivity index (χ3n) is 3.65. The van der Waals surface area contributed by atoms with E-state index in [0.29, 0.717) is 16.1 Å². The minimum Gasteiger partial charge on any atom is -0.443 e. The van der Waals surface area contributed by atoms with Crippen molar-refractivity contribution in [3.8, 4) is 11.3 Å². The quantitative estimate of drug-likeness (QED) is 0.704. The second kappa shape index (κ2) is 6.84. The first kappa shape index (κ1) is 18.0. The lowest BCUT2D eigenvalue weighted by Gasteiger charge is -2.21. The molecule has 0 fully saturated rings. The van der Waals surface area contributed by atoms with Crippen LogP contribution < -0.4 is 11.0 Å². The van der Waals surface area contributed by atoms with E-state index in [2.05, 4.69) is 5.43 Å². The van der Waals surface area contributed by atoms with Crippen LogP contribution in [0.15, 0.2) is 59.4 Å². The molecule has 3 rings (SSSR count). The zero-order valence-corrected chi connectivity index (χ0v) is 15.5. The van der Waals surface area contributed by atoms with Crippen molar-refractivity contribution in [3.05, 3.63) is 70.0 Å². The van der Waals surface area contributed by atoms with Gasteiger partial charge in [-0.2, -0.15) is 0 Å². The highest BCUT2D eigenvalue weighted by Gasteiger charge is 2.19. The molecule has 1 heterocycles. The van der Waals surface area contributed by atoms with Crippen molar-refractivity contribution in [2.75, 3.05) is 5.43 Å². The Hall–Kier alpha value is -2.79. The van der Waals surface area contributed by atoms with Crippen molar-refractivity contribution in [2.24, 2.45) is 0 Å². The van der Waals surface area contributed by atoms with Gasteiger partial charge in [0.2, 0.25) is 0 Å². The summed E-state index contributed by atoms with van der Waals surface area (Å²) in [6.45, 7) is 5.27. The molecule has 1 N–H and O–H groups in total. The van der Waals surface area contributed by atoms with Gasteiger partial charge in [-0.3, -0.25) is 4.79 Å². The first-order chi connectivity index (χ1) is 12.2. The predicted molar refractivity (Wildman–Crippen MR) is 104 cm³/mol. The van der Waals surface area contributed by atoms with Crippen molar-refractivity contribution >= 4 is 28.5 Å². The van der Waals surface area contributed by atoms with Crippen LogP contribution in [0, 0.1) is 0 Å². The van der Waals surface area contributed by atoms with Crippen molar-refractivity contribution < 1.29 is 9.53 Å². The fourth-order valence-electron chi connectivity index (χ4n) is 2.61. The van der Waals surface area contributed by atoms with Gasteiger partial charge in [-0.1, -0.05) is 48.0 Å². The maximum atomic E-state index is 13.0. The van der Waals surface area contributed by atoms with Crippen LogP contribution in [0.4, 0.5) is 4.79 Å². The van der Waals surface area contributed by atoms with E-state index in [1.807, 2.05) is 36.4 Å². The number of ether oxygens (including phenoxy) is 1. The average Bonchev–Trinajstić information content (AvgIpc) is 2.57. The molecular formula is C20H19ClN2O3. The Bertz CT molecular complexity index is 1020. The molecule has 134 valence electrons. The van der Waals surface area contributed by atoms with Gasteiger partial charge in [0, 0.05) is 10.6 Å². The van der Waals surface area contributed by atoms with E-state index in [-0.39, 0.29) is 5.56 Å². The summed E-state index contributed by atoms with van der Waals surface area (Å²) < 4.78 is 6.48. The molecule has 0 unspecified atom stereocenters. The lowest BCUT2D eigenvalue weighted by Crippen LogP contribution is -2.37. The first-order valence-corrected chi connectivity index (χ1v) is 8.53. The van der Waals surface area contributed by atoms with Crippen LogP contribution in [-0.4, -0.2) is 16.4 Å². The van der Waals surface area contributed by atoms with Gasteiger partial charge in [0.1, 0.15) is 5.60 Å². The minimum atomic E-state index is -0.710. The van der Waals surface area contributed by atoms with E-state index in [0.717, 1.165) is 10.9 Å². The third kappa shape index (κ3) is 3.89. The number of carbonyl (C=O) groups excluding carboxylic acids is 1. The number of pyridine rings is 1. The Labute approximate surface area is 156 Å². The van der Waals surface area contributed by atoms with Gasteiger partial charge < -0.3 is 4.74 Å². The summed E-state index contributed by atoms with van der Waals surface area (Å²) in [4.78, 5) is 25.3. The topological polar surface area (TPSA) is 60.3 Å². The maximum Gasteiger partial charge on any atom is 0.427 e. The molecule has 1 aromatic heterocycles. The first-order valence-electron chi connectivity index (χ1n) is 8.15. The minimum absolute atomic E-state index is 0.380. The molecule has 0 atom stereocenters. The highest BCUT2D eigenvalue weighted by Crippen LogP contribution is 2.23. The molecule has 0 bridgehead atoms. The highest BCUT2D eigenvalue weighted by molar-refractivity contribution is 6.31. The second-order valence-corrected chi connectivity index (χ2v) is 7.32. The van der Waals surface area contributed by atoms with Gasteiger partial charge in [-0.05, 0) is 44.4 Å². The number of nitrogens with one attached hydrogen (secondary N) is 1. The summed E-state index contributed by atoms with van der Waals surface area (Å²) in [6.07, 6.45) is -0.710. The number of hydrogen-bond donors (Lipinski definition) is 1. The number of rotatable bonds is 2. The van der Waals surface area contributed by atoms with Crippen molar-refractivity contribution in [1.82, 2.24) is 4.68 Å². The molecule has 0 aliphatic carbocycles. The third-order valence-corrected chi connectivity index (χ3v) is 3.89. The molecular weight excluding hydrogens is 352 g/mol. The Balaban J connectivity index is 2.19. The van der Waals surface area contributed by atoms with E-state index in [1.165, 1.54) is 4.68 Å². The van der Waals surface area contributed by atoms with Gasteiger partial charge in [0.05, 0.1) is 11.1 Å².